The van der Waals surface area contributed by atoms with Crippen molar-refractivity contribution in [2.45, 2.75) is 6.92 Å². The Kier molecular flexibility index (Phi) is 3.79. The number of carbonyl (C=O) groups is 1. The molecule has 0 spiro atoms. The van der Waals surface area contributed by atoms with Gasteiger partial charge in [-0.2, -0.15) is 0 Å². The Labute approximate surface area is 109 Å². The molecule has 0 aliphatic carbocycles. The van der Waals surface area contributed by atoms with Gasteiger partial charge in [0.1, 0.15) is 18.2 Å². The van der Waals surface area contributed by atoms with Crippen molar-refractivity contribution in [1.82, 2.24) is 4.98 Å². The molecule has 3 N–H and O–H groups in total. The van der Waals surface area contributed by atoms with Gasteiger partial charge in [0.25, 0.3) is 0 Å². The first-order valence-electron chi connectivity index (χ1n) is 5.85. The normalized spacial score (nSPS) is 10.4. The van der Waals surface area contributed by atoms with E-state index in [0.29, 0.717) is 28.9 Å². The molecule has 1 heterocycles. The molecule has 0 saturated heterocycles. The summed E-state index contributed by atoms with van der Waals surface area (Å²) in [6.45, 7) is 1.98. The van der Waals surface area contributed by atoms with Crippen LogP contribution in [0.3, 0.4) is 0 Å². The van der Waals surface area contributed by atoms with Crippen molar-refractivity contribution in [3.63, 3.8) is 0 Å². The molecule has 0 atom stereocenters. The van der Waals surface area contributed by atoms with E-state index in [1.54, 1.807) is 6.92 Å². The number of hydrogen-bond donors (Lipinski definition) is 2. The second kappa shape index (κ2) is 5.51. The van der Waals surface area contributed by atoms with Crippen molar-refractivity contribution in [3.8, 4) is 0 Å². The summed E-state index contributed by atoms with van der Waals surface area (Å²) in [7, 11) is 0. The van der Waals surface area contributed by atoms with Crippen molar-refractivity contribution in [2.24, 2.45) is 0 Å². The minimum Gasteiger partial charge on any atom is -0.465 e. The van der Waals surface area contributed by atoms with E-state index >= 15 is 0 Å². The third-order valence-electron chi connectivity index (χ3n) is 2.61. The number of nitrogens with zero attached hydrogens (tertiary/aromatic N) is 1. The number of nitrogens with two attached hydrogens (primary N) is 1. The van der Waals surface area contributed by atoms with Crippen LogP contribution in [-0.4, -0.2) is 24.1 Å². The first-order chi connectivity index (χ1) is 9.13. The summed E-state index contributed by atoms with van der Waals surface area (Å²) >= 11 is 0. The molecule has 5 nitrogen and oxygen atoms in total. The second-order valence-corrected chi connectivity index (χ2v) is 3.88. The Hall–Kier alpha value is -2.37. The van der Waals surface area contributed by atoms with Crippen LogP contribution in [0, 0.1) is 5.82 Å². The second-order valence-electron chi connectivity index (χ2n) is 3.88. The van der Waals surface area contributed by atoms with Crippen LogP contribution >= 0.6 is 0 Å². The first-order valence-corrected chi connectivity index (χ1v) is 5.85. The molecular formula is C13H14FN3O2. The summed E-state index contributed by atoms with van der Waals surface area (Å²) in [5.41, 5.74) is 6.23. The molecule has 0 fully saturated rings. The number of fused-ring (bicyclic) bond motifs is 1. The van der Waals surface area contributed by atoms with Gasteiger partial charge in [0.05, 0.1) is 12.0 Å². The van der Waals surface area contributed by atoms with Gasteiger partial charge in [-0.1, -0.05) is 0 Å². The topological polar surface area (TPSA) is 77.2 Å². The van der Waals surface area contributed by atoms with E-state index in [2.05, 4.69) is 10.3 Å². The zero-order valence-electron chi connectivity index (χ0n) is 10.4. The predicted molar refractivity (Wildman–Crippen MR) is 71.2 cm³/mol. The molecule has 0 aliphatic heterocycles. The van der Waals surface area contributed by atoms with Gasteiger partial charge in [0.15, 0.2) is 0 Å². The van der Waals surface area contributed by atoms with Crippen molar-refractivity contribution >= 4 is 28.2 Å². The number of aromatic nitrogens is 1. The third kappa shape index (κ3) is 2.73. The van der Waals surface area contributed by atoms with Crippen molar-refractivity contribution in [3.05, 3.63) is 30.2 Å². The zero-order valence-corrected chi connectivity index (χ0v) is 10.4. The number of carbonyl (C=O) groups excluding carboxylic acids is 1. The Balaban J connectivity index is 2.33. The maximum absolute atomic E-state index is 13.7. The molecule has 2 rings (SSSR count). The van der Waals surface area contributed by atoms with Gasteiger partial charge in [-0.15, -0.1) is 0 Å². The fourth-order valence-corrected chi connectivity index (χ4v) is 1.79. The highest BCUT2D eigenvalue weighted by molar-refractivity contribution is 6.01. The Morgan fingerprint density at radius 3 is 3.00 bits per heavy atom. The summed E-state index contributed by atoms with van der Waals surface area (Å²) in [5, 5.41) is 3.63. The van der Waals surface area contributed by atoms with Crippen LogP contribution in [0.4, 0.5) is 15.9 Å². The smallest absolute Gasteiger partial charge is 0.325 e. The third-order valence-corrected chi connectivity index (χ3v) is 2.61. The number of rotatable bonds is 4. The van der Waals surface area contributed by atoms with Crippen LogP contribution in [0.15, 0.2) is 24.4 Å². The van der Waals surface area contributed by atoms with Crippen LogP contribution in [0.25, 0.3) is 10.8 Å². The van der Waals surface area contributed by atoms with E-state index in [1.807, 2.05) is 0 Å². The van der Waals surface area contributed by atoms with Crippen LogP contribution in [-0.2, 0) is 9.53 Å². The molecule has 100 valence electrons. The number of esters is 1. The summed E-state index contributed by atoms with van der Waals surface area (Å²) < 4.78 is 18.5. The van der Waals surface area contributed by atoms with E-state index in [4.69, 9.17) is 10.5 Å². The molecular weight excluding hydrogens is 249 g/mol. The molecule has 0 saturated carbocycles. The fraction of sp³-hybridized carbons (Fsp3) is 0.231. The average Bonchev–Trinajstić information content (AvgIpc) is 2.41. The molecule has 1 aromatic carbocycles. The van der Waals surface area contributed by atoms with E-state index < -0.39 is 5.97 Å². The predicted octanol–water partition coefficient (Wildman–Crippen LogP) is 1.93. The minimum atomic E-state index is -0.406. The first kappa shape index (κ1) is 13.1. The lowest BCUT2D eigenvalue weighted by molar-refractivity contribution is -0.140. The van der Waals surface area contributed by atoms with Gasteiger partial charge < -0.3 is 15.8 Å². The lowest BCUT2D eigenvalue weighted by atomic mass is 10.1. The molecule has 0 radical (unpaired) electrons. The van der Waals surface area contributed by atoms with E-state index in [9.17, 15) is 9.18 Å². The number of benzene rings is 1. The average molecular weight is 263 g/mol. The number of pyridine rings is 1. The molecule has 0 unspecified atom stereocenters. The summed E-state index contributed by atoms with van der Waals surface area (Å²) in [6.07, 6.45) is 1.46. The van der Waals surface area contributed by atoms with Crippen LogP contribution in [0.1, 0.15) is 6.92 Å². The van der Waals surface area contributed by atoms with Gasteiger partial charge in [0.2, 0.25) is 0 Å². The molecule has 6 heteroatoms. The van der Waals surface area contributed by atoms with Crippen LogP contribution < -0.4 is 11.1 Å². The van der Waals surface area contributed by atoms with Gasteiger partial charge in [-0.05, 0) is 25.1 Å². The van der Waals surface area contributed by atoms with Crippen LogP contribution in [0.2, 0.25) is 0 Å². The zero-order chi connectivity index (χ0) is 13.8. The Morgan fingerprint density at radius 2 is 2.26 bits per heavy atom. The van der Waals surface area contributed by atoms with Crippen molar-refractivity contribution < 1.29 is 13.9 Å². The molecule has 2 aromatic rings. The molecule has 1 aromatic heterocycles. The summed E-state index contributed by atoms with van der Waals surface area (Å²) in [6, 6.07) is 4.30. The molecule has 19 heavy (non-hydrogen) atoms. The summed E-state index contributed by atoms with van der Waals surface area (Å²) in [5.74, 6) is -0.426. The number of hydrogen-bond acceptors (Lipinski definition) is 5. The quantitative estimate of drug-likeness (QED) is 0.651. The largest absolute Gasteiger partial charge is 0.465 e. The molecule has 0 amide bonds. The van der Waals surface area contributed by atoms with Crippen molar-refractivity contribution in [2.75, 3.05) is 24.2 Å². The lowest BCUT2D eigenvalue weighted by Crippen LogP contribution is -2.17. The standard InChI is InChI=1S/C13H14FN3O2/c1-2-19-11(18)7-17-13-12-8(5-6-16-13)9(14)3-4-10(12)15/h3-6H,2,7,15H2,1H3,(H,16,17). The number of nitrogen functional groups attached to an aromatic ring is 1. The Morgan fingerprint density at radius 1 is 1.47 bits per heavy atom. The highest BCUT2D eigenvalue weighted by Gasteiger charge is 2.10. The number of ether oxygens (including phenoxy) is 1. The monoisotopic (exact) mass is 263 g/mol. The van der Waals surface area contributed by atoms with Gasteiger partial charge >= 0.3 is 5.97 Å². The van der Waals surface area contributed by atoms with Crippen molar-refractivity contribution in [1.29, 1.82) is 0 Å². The number of nitrogens with one attached hydrogen (secondary N) is 1. The minimum absolute atomic E-state index is 0.0457. The van der Waals surface area contributed by atoms with E-state index in [-0.39, 0.29) is 12.4 Å². The SMILES string of the molecule is CCOC(=O)CNc1nccc2c(F)ccc(N)c12. The highest BCUT2D eigenvalue weighted by Crippen LogP contribution is 2.28. The maximum Gasteiger partial charge on any atom is 0.325 e. The number of halogens is 1. The maximum atomic E-state index is 13.7. The van der Waals surface area contributed by atoms with E-state index in [0.717, 1.165) is 0 Å². The molecule has 0 aliphatic rings. The molecule has 0 bridgehead atoms. The van der Waals surface area contributed by atoms with Gasteiger partial charge in [-0.3, -0.25) is 4.79 Å². The Bertz CT molecular complexity index is 616. The number of anilines is 2. The summed E-state index contributed by atoms with van der Waals surface area (Å²) in [4.78, 5) is 15.4. The van der Waals surface area contributed by atoms with Crippen LogP contribution in [0.5, 0.6) is 0 Å². The fourth-order valence-electron chi connectivity index (χ4n) is 1.79. The van der Waals surface area contributed by atoms with E-state index in [1.165, 1.54) is 24.4 Å². The highest BCUT2D eigenvalue weighted by atomic mass is 19.1. The lowest BCUT2D eigenvalue weighted by Gasteiger charge is -2.10. The van der Waals surface area contributed by atoms with Gasteiger partial charge in [-0.25, -0.2) is 9.37 Å². The van der Waals surface area contributed by atoms with Gasteiger partial charge in [0, 0.05) is 17.3 Å².